The maximum Gasteiger partial charge on any atom is 0.311 e. The first-order valence-corrected chi connectivity index (χ1v) is 6.32. The molecule has 0 atom stereocenters. The van der Waals surface area contributed by atoms with Crippen molar-refractivity contribution in [1.82, 2.24) is 15.1 Å². The molecule has 0 saturated carbocycles. The smallest absolute Gasteiger partial charge is 0.311 e. The molecule has 0 aromatic carbocycles. The van der Waals surface area contributed by atoms with Gasteiger partial charge in [-0.25, -0.2) is 0 Å². The number of hydrogen-bond acceptors (Lipinski definition) is 3. The number of nitrogens with zero attached hydrogens (tertiary/aromatic N) is 2. The number of carbonyl (C=O) groups excluding carboxylic acids is 2. The fourth-order valence-corrected chi connectivity index (χ4v) is 2.59. The molecule has 1 N–H and O–H groups in total. The zero-order chi connectivity index (χ0) is 13.1. The Morgan fingerprint density at radius 2 is 1.71 bits per heavy atom. The largest absolute Gasteiger partial charge is 0.348 e. The Hall–Kier alpha value is -1.10. The van der Waals surface area contributed by atoms with Gasteiger partial charge < -0.3 is 15.1 Å². The van der Waals surface area contributed by atoms with Gasteiger partial charge >= 0.3 is 11.8 Å². The van der Waals surface area contributed by atoms with E-state index in [4.69, 9.17) is 0 Å². The molecule has 0 radical (unpaired) electrons. The third-order valence-electron chi connectivity index (χ3n) is 3.08. The van der Waals surface area contributed by atoms with Gasteiger partial charge in [-0.15, -0.1) is 0 Å². The molecule has 2 aliphatic heterocycles. The molecule has 98 valence electrons. The Bertz CT molecular complexity index is 290. The second-order valence-corrected chi connectivity index (χ2v) is 4.69. The third-order valence-corrected chi connectivity index (χ3v) is 3.08. The first-order valence-electron chi connectivity index (χ1n) is 6.32. The Labute approximate surface area is 103 Å². The highest BCUT2D eigenvalue weighted by atomic mass is 16.2. The summed E-state index contributed by atoms with van der Waals surface area (Å²) in [5.41, 5.74) is 0.302. The van der Waals surface area contributed by atoms with Gasteiger partial charge in [0.05, 0.1) is 0 Å². The molecule has 2 aliphatic rings. The molecule has 0 aromatic rings. The SMILES string of the molecule is CC.CCNC(=O)C(=O)N1CC2(CN(C)C2)C1. The van der Waals surface area contributed by atoms with Crippen LogP contribution < -0.4 is 5.32 Å². The summed E-state index contributed by atoms with van der Waals surface area (Å²) in [5, 5.41) is 2.53. The van der Waals surface area contributed by atoms with Gasteiger partial charge in [0.15, 0.2) is 0 Å². The predicted octanol–water partition coefficient (Wildman–Crippen LogP) is -0.0773. The minimum Gasteiger partial charge on any atom is -0.348 e. The van der Waals surface area contributed by atoms with Crippen LogP contribution in [0.1, 0.15) is 20.8 Å². The van der Waals surface area contributed by atoms with Gasteiger partial charge in [-0.05, 0) is 14.0 Å². The van der Waals surface area contributed by atoms with Crippen molar-refractivity contribution in [2.75, 3.05) is 39.8 Å². The van der Waals surface area contributed by atoms with E-state index in [1.165, 1.54) is 0 Å². The second-order valence-electron chi connectivity index (χ2n) is 4.69. The standard InChI is InChI=1S/C10H17N3O2.C2H6/c1-3-11-8(14)9(15)13-6-10(7-13)4-12(2)5-10;1-2/h3-7H2,1-2H3,(H,11,14);1-2H3. The van der Waals surface area contributed by atoms with Crippen LogP contribution in [0.15, 0.2) is 0 Å². The number of likely N-dealkylation sites (N-methyl/N-ethyl adjacent to an activating group) is 1. The average molecular weight is 241 g/mol. The lowest BCUT2D eigenvalue weighted by Gasteiger charge is -2.59. The molecule has 0 aliphatic carbocycles. The van der Waals surface area contributed by atoms with Crippen LogP contribution >= 0.6 is 0 Å². The molecule has 2 fully saturated rings. The molecule has 1 spiro atoms. The lowest BCUT2D eigenvalue weighted by molar-refractivity contribution is -0.163. The van der Waals surface area contributed by atoms with E-state index in [9.17, 15) is 9.59 Å². The van der Waals surface area contributed by atoms with Gasteiger partial charge in [0.2, 0.25) is 0 Å². The van der Waals surface area contributed by atoms with Crippen molar-refractivity contribution in [3.05, 3.63) is 0 Å². The van der Waals surface area contributed by atoms with E-state index in [1.807, 2.05) is 20.8 Å². The zero-order valence-corrected chi connectivity index (χ0v) is 11.2. The molecular weight excluding hydrogens is 218 g/mol. The number of carbonyl (C=O) groups is 2. The van der Waals surface area contributed by atoms with E-state index >= 15 is 0 Å². The molecule has 5 heteroatoms. The molecule has 5 nitrogen and oxygen atoms in total. The lowest BCUT2D eigenvalue weighted by atomic mass is 9.73. The molecule has 2 rings (SSSR count). The Morgan fingerprint density at radius 1 is 1.18 bits per heavy atom. The van der Waals surface area contributed by atoms with Crippen LogP contribution in [-0.4, -0.2) is 61.4 Å². The second kappa shape index (κ2) is 5.49. The summed E-state index contributed by atoms with van der Waals surface area (Å²) in [7, 11) is 2.07. The predicted molar refractivity (Wildman–Crippen MR) is 66.5 cm³/mol. The van der Waals surface area contributed by atoms with E-state index in [-0.39, 0.29) is 5.91 Å². The van der Waals surface area contributed by atoms with Crippen molar-refractivity contribution in [3.63, 3.8) is 0 Å². The summed E-state index contributed by atoms with van der Waals surface area (Å²) in [5.74, 6) is -0.850. The molecule has 0 bridgehead atoms. The normalized spacial score (nSPS) is 20.8. The average Bonchev–Trinajstić information content (AvgIpc) is 2.23. The summed E-state index contributed by atoms with van der Waals surface area (Å²) in [6.07, 6.45) is 0. The molecule has 2 saturated heterocycles. The summed E-state index contributed by atoms with van der Waals surface area (Å²) in [6, 6.07) is 0. The van der Waals surface area contributed by atoms with Crippen LogP contribution in [-0.2, 0) is 9.59 Å². The van der Waals surface area contributed by atoms with E-state index in [0.717, 1.165) is 26.2 Å². The van der Waals surface area contributed by atoms with Gasteiger partial charge in [-0.1, -0.05) is 13.8 Å². The molecule has 0 aromatic heterocycles. The van der Waals surface area contributed by atoms with Gasteiger partial charge in [-0.3, -0.25) is 9.59 Å². The third kappa shape index (κ3) is 2.77. The Kier molecular flexibility index (Phi) is 4.51. The quantitative estimate of drug-likeness (QED) is 0.654. The Balaban J connectivity index is 0.000000686. The van der Waals surface area contributed by atoms with Crippen molar-refractivity contribution in [2.24, 2.45) is 5.41 Å². The highest BCUT2D eigenvalue weighted by molar-refractivity contribution is 6.35. The molecule has 17 heavy (non-hydrogen) atoms. The van der Waals surface area contributed by atoms with E-state index < -0.39 is 5.91 Å². The first-order chi connectivity index (χ1) is 8.06. The van der Waals surface area contributed by atoms with Gasteiger partial charge in [0.25, 0.3) is 0 Å². The highest BCUT2D eigenvalue weighted by Crippen LogP contribution is 2.38. The van der Waals surface area contributed by atoms with E-state index in [0.29, 0.717) is 12.0 Å². The summed E-state index contributed by atoms with van der Waals surface area (Å²) in [4.78, 5) is 26.6. The zero-order valence-electron chi connectivity index (χ0n) is 11.2. The van der Waals surface area contributed by atoms with Crippen LogP contribution in [0.4, 0.5) is 0 Å². The van der Waals surface area contributed by atoms with Crippen molar-refractivity contribution in [2.45, 2.75) is 20.8 Å². The number of likely N-dealkylation sites (tertiary alicyclic amines) is 2. The molecular formula is C12H23N3O2. The minimum atomic E-state index is -0.472. The van der Waals surface area contributed by atoms with Crippen LogP contribution in [0.2, 0.25) is 0 Å². The maximum atomic E-state index is 11.5. The number of amides is 2. The number of hydrogen-bond donors (Lipinski definition) is 1. The topological polar surface area (TPSA) is 52.7 Å². The van der Waals surface area contributed by atoms with Crippen molar-refractivity contribution in [3.8, 4) is 0 Å². The fourth-order valence-electron chi connectivity index (χ4n) is 2.59. The van der Waals surface area contributed by atoms with Gasteiger partial charge in [0.1, 0.15) is 0 Å². The van der Waals surface area contributed by atoms with Gasteiger partial charge in [-0.2, -0.15) is 0 Å². The molecule has 0 unspecified atom stereocenters. The summed E-state index contributed by atoms with van der Waals surface area (Å²) < 4.78 is 0. The molecule has 2 heterocycles. The lowest BCUT2D eigenvalue weighted by Crippen LogP contribution is -2.73. The fraction of sp³-hybridized carbons (Fsp3) is 0.833. The summed E-state index contributed by atoms with van der Waals surface area (Å²) in [6.45, 7) is 9.90. The van der Waals surface area contributed by atoms with Crippen molar-refractivity contribution >= 4 is 11.8 Å². The van der Waals surface area contributed by atoms with Crippen molar-refractivity contribution in [1.29, 1.82) is 0 Å². The Morgan fingerprint density at radius 3 is 2.12 bits per heavy atom. The molecule has 2 amide bonds. The number of nitrogens with one attached hydrogen (secondary N) is 1. The van der Waals surface area contributed by atoms with Crippen LogP contribution in [0, 0.1) is 5.41 Å². The van der Waals surface area contributed by atoms with Gasteiger partial charge in [0, 0.05) is 38.1 Å². The minimum absolute atomic E-state index is 0.302. The van der Waals surface area contributed by atoms with E-state index in [2.05, 4.69) is 17.3 Å². The van der Waals surface area contributed by atoms with Crippen LogP contribution in [0.25, 0.3) is 0 Å². The van der Waals surface area contributed by atoms with E-state index in [1.54, 1.807) is 4.90 Å². The first kappa shape index (κ1) is 14.0. The van der Waals surface area contributed by atoms with Crippen molar-refractivity contribution < 1.29 is 9.59 Å². The van der Waals surface area contributed by atoms with Crippen LogP contribution in [0.3, 0.4) is 0 Å². The van der Waals surface area contributed by atoms with Crippen LogP contribution in [0.5, 0.6) is 0 Å². The maximum absolute atomic E-state index is 11.5. The highest BCUT2D eigenvalue weighted by Gasteiger charge is 2.52. The monoisotopic (exact) mass is 241 g/mol. The summed E-state index contributed by atoms with van der Waals surface area (Å²) >= 11 is 0. The number of rotatable bonds is 1.